The molecule has 0 saturated heterocycles. The Morgan fingerprint density at radius 1 is 1.24 bits per heavy atom. The van der Waals surface area contributed by atoms with Gasteiger partial charge in [0.1, 0.15) is 11.6 Å². The summed E-state index contributed by atoms with van der Waals surface area (Å²) < 4.78 is 5.59. The maximum absolute atomic E-state index is 5.67. The lowest BCUT2D eigenvalue weighted by Gasteiger charge is -2.10. The second-order valence-electron chi connectivity index (χ2n) is 3.81. The van der Waals surface area contributed by atoms with Crippen molar-refractivity contribution in [3.8, 4) is 5.75 Å². The van der Waals surface area contributed by atoms with Gasteiger partial charge in [0.25, 0.3) is 0 Å². The molecular weight excluding hydrogens is 212 g/mol. The minimum atomic E-state index is 0.552. The molecule has 1 aromatic heterocycles. The lowest BCUT2D eigenvalue weighted by molar-refractivity contribution is 0.337. The lowest BCUT2D eigenvalue weighted by atomic mass is 10.1. The normalized spacial score (nSPS) is 10.2. The van der Waals surface area contributed by atoms with Crippen molar-refractivity contribution >= 4 is 5.82 Å². The minimum Gasteiger partial charge on any atom is -0.494 e. The fourth-order valence-corrected chi connectivity index (χ4v) is 1.77. The summed E-state index contributed by atoms with van der Waals surface area (Å²) in [5, 5.41) is 0. The van der Waals surface area contributed by atoms with Gasteiger partial charge in [-0.3, -0.25) is 0 Å². The molecule has 2 rings (SSSR count). The number of hydrogen-bond donors (Lipinski definition) is 1. The van der Waals surface area contributed by atoms with Crippen molar-refractivity contribution < 1.29 is 4.74 Å². The number of ether oxygens (including phenoxy) is 1. The maximum atomic E-state index is 5.67. The van der Waals surface area contributed by atoms with Gasteiger partial charge in [-0.15, -0.1) is 0 Å². The van der Waals surface area contributed by atoms with Crippen molar-refractivity contribution in [3.63, 3.8) is 0 Å². The third-order valence-electron chi connectivity index (χ3n) is 2.51. The van der Waals surface area contributed by atoms with E-state index in [0.29, 0.717) is 12.4 Å². The van der Waals surface area contributed by atoms with Crippen molar-refractivity contribution in [2.24, 2.45) is 0 Å². The van der Waals surface area contributed by atoms with Crippen molar-refractivity contribution in [3.05, 3.63) is 53.7 Å². The zero-order valence-electron chi connectivity index (χ0n) is 9.89. The van der Waals surface area contributed by atoms with Crippen molar-refractivity contribution in [1.82, 2.24) is 4.98 Å². The topological polar surface area (TPSA) is 48.1 Å². The summed E-state index contributed by atoms with van der Waals surface area (Å²) in [5.41, 5.74) is 7.98. The highest BCUT2D eigenvalue weighted by molar-refractivity contribution is 5.40. The summed E-state index contributed by atoms with van der Waals surface area (Å²) >= 11 is 0. The molecule has 0 fully saturated rings. The molecule has 0 bridgehead atoms. The first-order chi connectivity index (χ1) is 8.29. The minimum absolute atomic E-state index is 0.552. The summed E-state index contributed by atoms with van der Waals surface area (Å²) in [6.45, 7) is 2.66. The highest BCUT2D eigenvalue weighted by Crippen LogP contribution is 2.21. The SMILES string of the molecule is CCOc1ccccc1Cc1ccnc(N)c1. The molecule has 0 unspecified atom stereocenters. The van der Waals surface area contributed by atoms with E-state index in [1.165, 1.54) is 5.56 Å². The number of rotatable bonds is 4. The molecular formula is C14H16N2O. The largest absolute Gasteiger partial charge is 0.494 e. The van der Waals surface area contributed by atoms with E-state index >= 15 is 0 Å². The third kappa shape index (κ3) is 2.97. The van der Waals surface area contributed by atoms with E-state index in [9.17, 15) is 0 Å². The van der Waals surface area contributed by atoms with Crippen molar-refractivity contribution in [1.29, 1.82) is 0 Å². The zero-order chi connectivity index (χ0) is 12.1. The molecule has 1 aromatic carbocycles. The molecule has 0 amide bonds. The van der Waals surface area contributed by atoms with Crippen LogP contribution < -0.4 is 10.5 Å². The van der Waals surface area contributed by atoms with E-state index in [1.807, 2.05) is 37.3 Å². The standard InChI is InChI=1S/C14H16N2O/c1-2-17-13-6-4-3-5-12(13)9-11-7-8-16-14(15)10-11/h3-8,10H,2,9H2,1H3,(H2,15,16). The van der Waals surface area contributed by atoms with Gasteiger partial charge in [0, 0.05) is 12.6 Å². The molecule has 0 aliphatic heterocycles. The summed E-state index contributed by atoms with van der Waals surface area (Å²) in [6, 6.07) is 11.9. The van der Waals surface area contributed by atoms with Gasteiger partial charge in [-0.1, -0.05) is 18.2 Å². The van der Waals surface area contributed by atoms with Gasteiger partial charge in [0.05, 0.1) is 6.61 Å². The zero-order valence-corrected chi connectivity index (χ0v) is 9.89. The Bertz CT molecular complexity index is 497. The van der Waals surface area contributed by atoms with Gasteiger partial charge in [-0.05, 0) is 36.2 Å². The first-order valence-electron chi connectivity index (χ1n) is 5.70. The van der Waals surface area contributed by atoms with Crippen LogP contribution in [0.4, 0.5) is 5.82 Å². The molecule has 1 heterocycles. The lowest BCUT2D eigenvalue weighted by Crippen LogP contribution is -1.98. The van der Waals surface area contributed by atoms with Crippen LogP contribution in [-0.4, -0.2) is 11.6 Å². The molecule has 0 radical (unpaired) electrons. The maximum Gasteiger partial charge on any atom is 0.123 e. The fraction of sp³-hybridized carbons (Fsp3) is 0.214. The average molecular weight is 228 g/mol. The number of nitrogens with zero attached hydrogens (tertiary/aromatic N) is 1. The van der Waals surface area contributed by atoms with Crippen LogP contribution >= 0.6 is 0 Å². The molecule has 0 atom stereocenters. The van der Waals surface area contributed by atoms with Crippen LogP contribution in [0.25, 0.3) is 0 Å². The number of hydrogen-bond acceptors (Lipinski definition) is 3. The van der Waals surface area contributed by atoms with E-state index in [4.69, 9.17) is 10.5 Å². The Morgan fingerprint density at radius 2 is 2.06 bits per heavy atom. The fourth-order valence-electron chi connectivity index (χ4n) is 1.77. The number of pyridine rings is 1. The molecule has 0 saturated carbocycles. The number of aromatic nitrogens is 1. The van der Waals surface area contributed by atoms with Crippen molar-refractivity contribution in [2.45, 2.75) is 13.3 Å². The smallest absolute Gasteiger partial charge is 0.123 e. The summed E-state index contributed by atoms with van der Waals surface area (Å²) in [7, 11) is 0. The van der Waals surface area contributed by atoms with Gasteiger partial charge in [0.15, 0.2) is 0 Å². The molecule has 0 aliphatic rings. The Balaban J connectivity index is 2.23. The Morgan fingerprint density at radius 3 is 2.82 bits per heavy atom. The molecule has 88 valence electrons. The molecule has 0 spiro atoms. The van der Waals surface area contributed by atoms with E-state index in [-0.39, 0.29) is 0 Å². The average Bonchev–Trinajstić information content (AvgIpc) is 2.32. The first kappa shape index (κ1) is 11.5. The van der Waals surface area contributed by atoms with Gasteiger partial charge in [-0.25, -0.2) is 4.98 Å². The highest BCUT2D eigenvalue weighted by Gasteiger charge is 2.03. The first-order valence-corrected chi connectivity index (χ1v) is 5.70. The monoisotopic (exact) mass is 228 g/mol. The number of anilines is 1. The number of nitrogens with two attached hydrogens (primary N) is 1. The Labute approximate surface area is 101 Å². The second kappa shape index (κ2) is 5.34. The van der Waals surface area contributed by atoms with Crippen LogP contribution in [0.3, 0.4) is 0 Å². The highest BCUT2D eigenvalue weighted by atomic mass is 16.5. The summed E-state index contributed by atoms with van der Waals surface area (Å²) in [5.74, 6) is 1.49. The number of benzene rings is 1. The van der Waals surface area contributed by atoms with Gasteiger partial charge in [-0.2, -0.15) is 0 Å². The quantitative estimate of drug-likeness (QED) is 0.875. The van der Waals surface area contributed by atoms with Crippen LogP contribution in [0.5, 0.6) is 5.75 Å². The molecule has 3 nitrogen and oxygen atoms in total. The van der Waals surface area contributed by atoms with E-state index < -0.39 is 0 Å². The molecule has 3 heteroatoms. The van der Waals surface area contributed by atoms with Crippen molar-refractivity contribution in [2.75, 3.05) is 12.3 Å². The third-order valence-corrected chi connectivity index (χ3v) is 2.51. The molecule has 17 heavy (non-hydrogen) atoms. The molecule has 2 aromatic rings. The van der Waals surface area contributed by atoms with Crippen LogP contribution in [0, 0.1) is 0 Å². The molecule has 2 N–H and O–H groups in total. The summed E-state index contributed by atoms with van der Waals surface area (Å²) in [4.78, 5) is 3.99. The number of para-hydroxylation sites is 1. The second-order valence-corrected chi connectivity index (χ2v) is 3.81. The van der Waals surface area contributed by atoms with Gasteiger partial charge in [0.2, 0.25) is 0 Å². The van der Waals surface area contributed by atoms with Crippen LogP contribution in [0.2, 0.25) is 0 Å². The predicted molar refractivity (Wildman–Crippen MR) is 69.1 cm³/mol. The van der Waals surface area contributed by atoms with Crippen LogP contribution in [0.1, 0.15) is 18.1 Å². The van der Waals surface area contributed by atoms with E-state index in [0.717, 1.165) is 17.7 Å². The number of nitrogen functional groups attached to an aromatic ring is 1. The van der Waals surface area contributed by atoms with E-state index in [2.05, 4.69) is 11.1 Å². The Kier molecular flexibility index (Phi) is 3.60. The van der Waals surface area contributed by atoms with E-state index in [1.54, 1.807) is 6.20 Å². The van der Waals surface area contributed by atoms with Crippen LogP contribution in [-0.2, 0) is 6.42 Å². The predicted octanol–water partition coefficient (Wildman–Crippen LogP) is 2.65. The Hall–Kier alpha value is -2.03. The summed E-state index contributed by atoms with van der Waals surface area (Å²) in [6.07, 6.45) is 2.54. The van der Waals surface area contributed by atoms with Gasteiger partial charge < -0.3 is 10.5 Å². The molecule has 0 aliphatic carbocycles. The van der Waals surface area contributed by atoms with Crippen LogP contribution in [0.15, 0.2) is 42.6 Å². The van der Waals surface area contributed by atoms with Gasteiger partial charge >= 0.3 is 0 Å².